The smallest absolute Gasteiger partial charge is 0.229 e. The maximum Gasteiger partial charge on any atom is 0.229 e. The number of aryl methyl sites for hydroxylation is 1. The molecular weight excluding hydrogens is 358 g/mol. The number of hydrogen-bond acceptors (Lipinski definition) is 5. The molecule has 3 heterocycles. The number of anilines is 1. The fourth-order valence-corrected chi connectivity index (χ4v) is 4.08. The van der Waals surface area contributed by atoms with Crippen LogP contribution in [-0.2, 0) is 16.6 Å². The lowest BCUT2D eigenvalue weighted by Crippen LogP contribution is -2.42. The summed E-state index contributed by atoms with van der Waals surface area (Å²) in [6, 6.07) is 7.22. The predicted octanol–water partition coefficient (Wildman–Crippen LogP) is 0.653. The van der Waals surface area contributed by atoms with E-state index in [1.807, 2.05) is 43.7 Å². The average Bonchev–Trinajstić information content (AvgIpc) is 3.41. The number of nitrogens with one attached hydrogen (secondary N) is 2. The summed E-state index contributed by atoms with van der Waals surface area (Å²) in [7, 11) is 3.47. The molecule has 8 nitrogen and oxygen atoms in total. The van der Waals surface area contributed by atoms with Crippen molar-refractivity contribution >= 4 is 17.5 Å². The minimum absolute atomic E-state index is 0.00640. The second-order valence-electron chi connectivity index (χ2n) is 7.43. The average molecular weight is 383 g/mol. The van der Waals surface area contributed by atoms with Gasteiger partial charge in [0.25, 0.3) is 0 Å². The lowest BCUT2D eigenvalue weighted by molar-refractivity contribution is -0.125. The van der Waals surface area contributed by atoms with E-state index in [1.165, 1.54) is 0 Å². The molecule has 0 spiro atoms. The van der Waals surface area contributed by atoms with E-state index in [2.05, 4.69) is 15.7 Å². The topological polar surface area (TPSA) is 88.5 Å². The Kier molecular flexibility index (Phi) is 5.04. The minimum Gasteiger partial charge on any atom is -0.497 e. The molecule has 0 saturated carbocycles. The molecule has 1 unspecified atom stereocenters. The molecule has 1 aromatic carbocycles. The molecule has 2 aliphatic heterocycles. The summed E-state index contributed by atoms with van der Waals surface area (Å²) in [4.78, 5) is 27.1. The molecule has 2 aliphatic rings. The molecule has 0 radical (unpaired) electrons. The Bertz CT molecular complexity index is 880. The summed E-state index contributed by atoms with van der Waals surface area (Å²) in [6.07, 6.45) is 4.09. The van der Waals surface area contributed by atoms with Gasteiger partial charge < -0.3 is 20.3 Å². The van der Waals surface area contributed by atoms with Gasteiger partial charge in [0.1, 0.15) is 5.75 Å². The molecule has 4 rings (SSSR count). The van der Waals surface area contributed by atoms with Crippen LogP contribution in [0.5, 0.6) is 5.75 Å². The first-order chi connectivity index (χ1) is 13.5. The van der Waals surface area contributed by atoms with Gasteiger partial charge in [-0.1, -0.05) is 6.07 Å². The Balaban J connectivity index is 1.41. The van der Waals surface area contributed by atoms with Gasteiger partial charge in [-0.15, -0.1) is 0 Å². The number of carbonyl (C=O) groups is 2. The minimum atomic E-state index is -0.193. The molecular formula is C20H25N5O3. The van der Waals surface area contributed by atoms with Crippen molar-refractivity contribution in [1.29, 1.82) is 0 Å². The van der Waals surface area contributed by atoms with E-state index in [0.717, 1.165) is 17.8 Å². The second-order valence-corrected chi connectivity index (χ2v) is 7.43. The Morgan fingerprint density at radius 2 is 2.21 bits per heavy atom. The van der Waals surface area contributed by atoms with Gasteiger partial charge >= 0.3 is 0 Å². The van der Waals surface area contributed by atoms with Gasteiger partial charge in [0, 0.05) is 57.0 Å². The third-order valence-electron chi connectivity index (χ3n) is 5.54. The summed E-state index contributed by atoms with van der Waals surface area (Å²) in [6.45, 7) is 1.85. The quantitative estimate of drug-likeness (QED) is 0.792. The molecule has 2 amide bonds. The maximum atomic E-state index is 12.9. The zero-order chi connectivity index (χ0) is 19.7. The first-order valence-corrected chi connectivity index (χ1v) is 9.49. The fourth-order valence-electron chi connectivity index (χ4n) is 4.08. The first kappa shape index (κ1) is 18.5. The molecule has 28 heavy (non-hydrogen) atoms. The zero-order valence-electron chi connectivity index (χ0n) is 16.1. The third kappa shape index (κ3) is 3.60. The number of nitrogens with zero attached hydrogens (tertiary/aromatic N) is 3. The highest BCUT2D eigenvalue weighted by atomic mass is 16.5. The number of amides is 2. The molecule has 2 fully saturated rings. The Morgan fingerprint density at radius 3 is 2.96 bits per heavy atom. The number of carbonyl (C=O) groups excluding carboxylic acids is 2. The van der Waals surface area contributed by atoms with Crippen molar-refractivity contribution in [3.63, 3.8) is 0 Å². The lowest BCUT2D eigenvalue weighted by Gasteiger charge is -2.21. The molecule has 8 heteroatoms. The Hall–Kier alpha value is -2.87. The van der Waals surface area contributed by atoms with Crippen LogP contribution in [0.25, 0.3) is 0 Å². The van der Waals surface area contributed by atoms with Crippen LogP contribution in [0.2, 0.25) is 0 Å². The highest BCUT2D eigenvalue weighted by molar-refractivity contribution is 5.97. The van der Waals surface area contributed by atoms with E-state index in [0.29, 0.717) is 25.3 Å². The van der Waals surface area contributed by atoms with Crippen LogP contribution in [0.1, 0.15) is 17.9 Å². The predicted molar refractivity (Wildman–Crippen MR) is 104 cm³/mol. The molecule has 148 valence electrons. The lowest BCUT2D eigenvalue weighted by atomic mass is 9.90. The van der Waals surface area contributed by atoms with Crippen LogP contribution in [-0.4, -0.2) is 54.4 Å². The van der Waals surface area contributed by atoms with Gasteiger partial charge in [-0.05, 0) is 17.7 Å². The van der Waals surface area contributed by atoms with Crippen molar-refractivity contribution in [2.45, 2.75) is 18.4 Å². The Labute approximate surface area is 163 Å². The third-order valence-corrected chi connectivity index (χ3v) is 5.54. The number of methoxy groups -OCH3 is 1. The highest BCUT2D eigenvalue weighted by Crippen LogP contribution is 2.29. The first-order valence-electron chi connectivity index (χ1n) is 9.49. The van der Waals surface area contributed by atoms with Gasteiger partial charge in [0.15, 0.2) is 0 Å². The number of hydrogen-bond donors (Lipinski definition) is 2. The normalized spacial score (nSPS) is 24.6. The van der Waals surface area contributed by atoms with E-state index in [1.54, 1.807) is 16.7 Å². The van der Waals surface area contributed by atoms with Crippen LogP contribution in [0.4, 0.5) is 5.69 Å². The van der Waals surface area contributed by atoms with Gasteiger partial charge in [-0.25, -0.2) is 0 Å². The summed E-state index contributed by atoms with van der Waals surface area (Å²) in [5.74, 6) is 0.635. The van der Waals surface area contributed by atoms with Gasteiger partial charge in [-0.3, -0.25) is 14.3 Å². The van der Waals surface area contributed by atoms with E-state index < -0.39 is 0 Å². The largest absolute Gasteiger partial charge is 0.497 e. The molecule has 2 saturated heterocycles. The van der Waals surface area contributed by atoms with Crippen LogP contribution in [0.3, 0.4) is 0 Å². The molecule has 0 bridgehead atoms. The molecule has 0 aliphatic carbocycles. The summed E-state index contributed by atoms with van der Waals surface area (Å²) in [5.41, 5.74) is 1.85. The zero-order valence-corrected chi connectivity index (χ0v) is 16.1. The maximum absolute atomic E-state index is 12.9. The van der Waals surface area contributed by atoms with Crippen molar-refractivity contribution in [1.82, 2.24) is 20.4 Å². The van der Waals surface area contributed by atoms with Crippen molar-refractivity contribution in [3.8, 4) is 5.75 Å². The number of aromatic nitrogens is 2. The van der Waals surface area contributed by atoms with Gasteiger partial charge in [-0.2, -0.15) is 5.10 Å². The van der Waals surface area contributed by atoms with Gasteiger partial charge in [0.2, 0.25) is 11.8 Å². The molecule has 3 atom stereocenters. The second kappa shape index (κ2) is 7.63. The SMILES string of the molecule is COc1cccc(N2CC(NC(=O)[C@H]3CNC[C@@H]3c3cnn(C)c3)CC2=O)c1. The molecule has 2 N–H and O–H groups in total. The van der Waals surface area contributed by atoms with E-state index in [4.69, 9.17) is 4.74 Å². The van der Waals surface area contributed by atoms with Crippen molar-refractivity contribution in [2.24, 2.45) is 13.0 Å². The van der Waals surface area contributed by atoms with Crippen molar-refractivity contribution < 1.29 is 14.3 Å². The standard InChI is InChI=1S/C20H25N5O3/c1-24-11-13(8-22-24)17-9-21-10-18(17)20(27)23-14-6-19(26)25(12-14)15-4-3-5-16(7-15)28-2/h3-5,7-8,11,14,17-18,21H,6,9-10,12H2,1-2H3,(H,23,27)/t14?,17-,18+/m1/s1. The van der Waals surface area contributed by atoms with Crippen molar-refractivity contribution in [3.05, 3.63) is 42.2 Å². The van der Waals surface area contributed by atoms with Crippen molar-refractivity contribution in [2.75, 3.05) is 31.6 Å². The number of ether oxygens (including phenoxy) is 1. The summed E-state index contributed by atoms with van der Waals surface area (Å²) >= 11 is 0. The van der Waals surface area contributed by atoms with E-state index in [9.17, 15) is 9.59 Å². The number of benzene rings is 1. The monoisotopic (exact) mass is 383 g/mol. The highest BCUT2D eigenvalue weighted by Gasteiger charge is 2.38. The van der Waals surface area contributed by atoms with Crippen LogP contribution < -0.4 is 20.3 Å². The number of rotatable bonds is 5. The van der Waals surface area contributed by atoms with Gasteiger partial charge in [0.05, 0.1) is 25.3 Å². The van der Waals surface area contributed by atoms with E-state index in [-0.39, 0.29) is 29.7 Å². The van der Waals surface area contributed by atoms with Crippen LogP contribution in [0, 0.1) is 5.92 Å². The van der Waals surface area contributed by atoms with Crippen LogP contribution in [0.15, 0.2) is 36.7 Å². The van der Waals surface area contributed by atoms with E-state index >= 15 is 0 Å². The summed E-state index contributed by atoms with van der Waals surface area (Å²) < 4.78 is 7.00. The molecule has 2 aromatic rings. The summed E-state index contributed by atoms with van der Waals surface area (Å²) in [5, 5.41) is 10.6. The molecule has 1 aromatic heterocycles. The fraction of sp³-hybridized carbons (Fsp3) is 0.450. The Morgan fingerprint density at radius 1 is 1.36 bits per heavy atom. The van der Waals surface area contributed by atoms with Crippen LogP contribution >= 0.6 is 0 Å².